The number of allylic oxidation sites excluding steroid dienone is 2. The highest BCUT2D eigenvalue weighted by atomic mass is 15.4. The zero-order valence-corrected chi connectivity index (χ0v) is 4.04. The standard InChI is InChI=1S/C5H8N2/c6-7-4-2-1-3-5-7/h1-4H,5-6H2. The average molecular weight is 96.1 g/mol. The summed E-state index contributed by atoms with van der Waals surface area (Å²) < 4.78 is 0. The zero-order valence-electron chi connectivity index (χ0n) is 4.04. The molecule has 1 aliphatic rings. The summed E-state index contributed by atoms with van der Waals surface area (Å²) in [5.41, 5.74) is 0. The number of hydrogen-bond donors (Lipinski definition) is 1. The van der Waals surface area contributed by atoms with Crippen LogP contribution in [-0.2, 0) is 0 Å². The molecule has 7 heavy (non-hydrogen) atoms. The van der Waals surface area contributed by atoms with Crippen molar-refractivity contribution in [1.29, 1.82) is 0 Å². The molecule has 0 saturated heterocycles. The lowest BCUT2D eigenvalue weighted by molar-refractivity contribution is 0.434. The lowest BCUT2D eigenvalue weighted by Gasteiger charge is -2.11. The molecule has 0 saturated carbocycles. The fourth-order valence-electron chi connectivity index (χ4n) is 0.482. The number of hydrogen-bond acceptors (Lipinski definition) is 2. The molecule has 2 heteroatoms. The van der Waals surface area contributed by atoms with Crippen molar-refractivity contribution in [3.63, 3.8) is 0 Å². The van der Waals surface area contributed by atoms with Gasteiger partial charge in [0.25, 0.3) is 0 Å². The first-order valence-corrected chi connectivity index (χ1v) is 2.24. The van der Waals surface area contributed by atoms with Crippen molar-refractivity contribution in [2.75, 3.05) is 6.54 Å². The number of nitrogens with two attached hydrogens (primary N) is 1. The molecular formula is C5H8N2. The van der Waals surface area contributed by atoms with Crippen molar-refractivity contribution in [3.05, 3.63) is 24.4 Å². The SMILES string of the molecule is NN1C=CC=CC1. The third-order valence-electron chi connectivity index (χ3n) is 0.841. The molecule has 0 aromatic carbocycles. The highest BCUT2D eigenvalue weighted by Gasteiger charge is 1.86. The minimum absolute atomic E-state index is 0.830. The highest BCUT2D eigenvalue weighted by Crippen LogP contribution is 1.88. The second kappa shape index (κ2) is 1.80. The minimum Gasteiger partial charge on any atom is -0.314 e. The van der Waals surface area contributed by atoms with Gasteiger partial charge in [0.05, 0.1) is 6.54 Å². The molecule has 0 aliphatic carbocycles. The van der Waals surface area contributed by atoms with Crippen LogP contribution in [0.4, 0.5) is 0 Å². The summed E-state index contributed by atoms with van der Waals surface area (Å²) in [6.45, 7) is 0.830. The lowest BCUT2D eigenvalue weighted by Crippen LogP contribution is -2.25. The van der Waals surface area contributed by atoms with Gasteiger partial charge in [-0.3, -0.25) is 0 Å². The average Bonchev–Trinajstić information content (AvgIpc) is 1.69. The molecular weight excluding hydrogens is 88.1 g/mol. The highest BCUT2D eigenvalue weighted by molar-refractivity contribution is 5.07. The maximum Gasteiger partial charge on any atom is 0.0519 e. The Labute approximate surface area is 42.9 Å². The van der Waals surface area contributed by atoms with Crippen molar-refractivity contribution < 1.29 is 0 Å². The summed E-state index contributed by atoms with van der Waals surface area (Å²) in [6.07, 6.45) is 7.72. The first-order valence-electron chi connectivity index (χ1n) is 2.24. The van der Waals surface area contributed by atoms with Gasteiger partial charge in [-0.25, -0.2) is 5.84 Å². The van der Waals surface area contributed by atoms with E-state index in [9.17, 15) is 0 Å². The van der Waals surface area contributed by atoms with Gasteiger partial charge in [-0.05, 0) is 6.08 Å². The summed E-state index contributed by atoms with van der Waals surface area (Å²) in [4.78, 5) is 0. The Morgan fingerprint density at radius 3 is 2.57 bits per heavy atom. The van der Waals surface area contributed by atoms with E-state index in [0.29, 0.717) is 0 Å². The van der Waals surface area contributed by atoms with Gasteiger partial charge < -0.3 is 5.01 Å². The van der Waals surface area contributed by atoms with Gasteiger partial charge >= 0.3 is 0 Å². The van der Waals surface area contributed by atoms with E-state index in [-0.39, 0.29) is 0 Å². The quantitative estimate of drug-likeness (QED) is 0.438. The molecule has 0 atom stereocenters. The van der Waals surface area contributed by atoms with Gasteiger partial charge in [-0.15, -0.1) is 0 Å². The predicted octanol–water partition coefficient (Wildman–Crippen LogP) is 0.246. The van der Waals surface area contributed by atoms with Crippen molar-refractivity contribution in [1.82, 2.24) is 5.01 Å². The van der Waals surface area contributed by atoms with Crippen LogP contribution in [0.15, 0.2) is 24.4 Å². The van der Waals surface area contributed by atoms with Crippen LogP contribution < -0.4 is 5.84 Å². The van der Waals surface area contributed by atoms with Crippen LogP contribution in [0.3, 0.4) is 0 Å². The van der Waals surface area contributed by atoms with E-state index in [1.807, 2.05) is 24.4 Å². The van der Waals surface area contributed by atoms with E-state index in [1.54, 1.807) is 5.01 Å². The molecule has 2 nitrogen and oxygen atoms in total. The zero-order chi connectivity index (χ0) is 5.11. The van der Waals surface area contributed by atoms with Gasteiger partial charge in [0.15, 0.2) is 0 Å². The van der Waals surface area contributed by atoms with Crippen molar-refractivity contribution in [2.24, 2.45) is 5.84 Å². The van der Waals surface area contributed by atoms with Crippen LogP contribution in [0.5, 0.6) is 0 Å². The Morgan fingerprint density at radius 1 is 1.43 bits per heavy atom. The lowest BCUT2D eigenvalue weighted by atomic mass is 10.4. The topological polar surface area (TPSA) is 29.3 Å². The Kier molecular flexibility index (Phi) is 1.13. The molecule has 0 radical (unpaired) electrons. The Balaban J connectivity index is 2.49. The first kappa shape index (κ1) is 4.40. The monoisotopic (exact) mass is 96.1 g/mol. The Bertz CT molecular complexity index is 105. The summed E-state index contributed by atoms with van der Waals surface area (Å²) in [5, 5.41) is 1.62. The minimum atomic E-state index is 0.830. The largest absolute Gasteiger partial charge is 0.314 e. The van der Waals surface area contributed by atoms with E-state index in [2.05, 4.69) is 0 Å². The Morgan fingerprint density at radius 2 is 2.29 bits per heavy atom. The van der Waals surface area contributed by atoms with Gasteiger partial charge in [-0.1, -0.05) is 12.2 Å². The van der Waals surface area contributed by atoms with Crippen LogP contribution in [0.2, 0.25) is 0 Å². The third kappa shape index (κ3) is 1.05. The molecule has 1 rings (SSSR count). The van der Waals surface area contributed by atoms with Crippen LogP contribution >= 0.6 is 0 Å². The molecule has 0 unspecified atom stereocenters. The van der Waals surface area contributed by atoms with Gasteiger partial charge in [0.2, 0.25) is 0 Å². The van der Waals surface area contributed by atoms with Gasteiger partial charge in [0, 0.05) is 6.20 Å². The second-order valence-electron chi connectivity index (χ2n) is 1.47. The Hall–Kier alpha value is -0.760. The van der Waals surface area contributed by atoms with Gasteiger partial charge in [0.1, 0.15) is 0 Å². The third-order valence-corrected chi connectivity index (χ3v) is 0.841. The summed E-state index contributed by atoms with van der Waals surface area (Å²) in [6, 6.07) is 0. The molecule has 1 aliphatic heterocycles. The van der Waals surface area contributed by atoms with E-state index in [4.69, 9.17) is 5.84 Å². The number of nitrogens with zero attached hydrogens (tertiary/aromatic N) is 1. The van der Waals surface area contributed by atoms with Crippen molar-refractivity contribution >= 4 is 0 Å². The van der Waals surface area contributed by atoms with Crippen molar-refractivity contribution in [3.8, 4) is 0 Å². The molecule has 2 N–H and O–H groups in total. The van der Waals surface area contributed by atoms with Crippen LogP contribution in [-0.4, -0.2) is 11.6 Å². The van der Waals surface area contributed by atoms with Crippen LogP contribution in [0.1, 0.15) is 0 Å². The summed E-state index contributed by atoms with van der Waals surface area (Å²) in [7, 11) is 0. The number of hydrazine groups is 1. The van der Waals surface area contributed by atoms with Crippen molar-refractivity contribution in [2.45, 2.75) is 0 Å². The number of rotatable bonds is 0. The first-order chi connectivity index (χ1) is 3.39. The maximum absolute atomic E-state index is 5.33. The summed E-state index contributed by atoms with van der Waals surface area (Å²) in [5.74, 6) is 5.33. The second-order valence-corrected chi connectivity index (χ2v) is 1.47. The fraction of sp³-hybridized carbons (Fsp3) is 0.200. The fourth-order valence-corrected chi connectivity index (χ4v) is 0.482. The maximum atomic E-state index is 5.33. The molecule has 1 heterocycles. The van der Waals surface area contributed by atoms with Crippen LogP contribution in [0.25, 0.3) is 0 Å². The molecule has 0 fully saturated rings. The van der Waals surface area contributed by atoms with E-state index in [1.165, 1.54) is 0 Å². The van der Waals surface area contributed by atoms with E-state index < -0.39 is 0 Å². The van der Waals surface area contributed by atoms with E-state index >= 15 is 0 Å². The summed E-state index contributed by atoms with van der Waals surface area (Å²) >= 11 is 0. The smallest absolute Gasteiger partial charge is 0.0519 e. The van der Waals surface area contributed by atoms with Gasteiger partial charge in [-0.2, -0.15) is 0 Å². The normalized spacial score (nSPS) is 18.1. The molecule has 0 bridgehead atoms. The van der Waals surface area contributed by atoms with E-state index in [0.717, 1.165) is 6.54 Å². The molecule has 0 aromatic heterocycles. The van der Waals surface area contributed by atoms with Crippen LogP contribution in [0, 0.1) is 0 Å². The molecule has 0 spiro atoms. The molecule has 38 valence electrons. The molecule has 0 amide bonds. The molecule has 0 aromatic rings. The predicted molar refractivity (Wildman–Crippen MR) is 29.2 cm³/mol.